The second-order valence-corrected chi connectivity index (χ2v) is 5.92. The quantitative estimate of drug-likeness (QED) is 0.774. The standard InChI is InChI=1S/C15H21ClN2O2/c1-20-7-6-15(4-5-15)10-18-9-12-3-2-11(14(17)19)8-13(12)16/h2-3,8,18H,4-7,9-10H2,1H3,(H2,17,19). The van der Waals surface area contributed by atoms with Crippen molar-refractivity contribution in [2.45, 2.75) is 25.8 Å². The first-order chi connectivity index (χ1) is 9.56. The van der Waals surface area contributed by atoms with Gasteiger partial charge in [0.15, 0.2) is 0 Å². The number of nitrogens with one attached hydrogen (secondary N) is 1. The van der Waals surface area contributed by atoms with Crippen LogP contribution in [0.25, 0.3) is 0 Å². The van der Waals surface area contributed by atoms with Crippen LogP contribution in [0.1, 0.15) is 35.2 Å². The molecule has 0 saturated heterocycles. The number of nitrogens with two attached hydrogens (primary N) is 1. The monoisotopic (exact) mass is 296 g/mol. The molecule has 4 nitrogen and oxygen atoms in total. The van der Waals surface area contributed by atoms with Crippen LogP contribution < -0.4 is 11.1 Å². The molecule has 0 aromatic heterocycles. The Labute approximate surface area is 124 Å². The molecule has 1 aromatic carbocycles. The van der Waals surface area contributed by atoms with Gasteiger partial charge in [0.1, 0.15) is 0 Å². The van der Waals surface area contributed by atoms with Crippen LogP contribution in [0.5, 0.6) is 0 Å². The summed E-state index contributed by atoms with van der Waals surface area (Å²) in [5, 5.41) is 4.03. The maximum absolute atomic E-state index is 11.1. The van der Waals surface area contributed by atoms with Crippen molar-refractivity contribution < 1.29 is 9.53 Å². The minimum atomic E-state index is -0.456. The molecule has 0 spiro atoms. The van der Waals surface area contributed by atoms with E-state index in [2.05, 4.69) is 5.32 Å². The number of amides is 1. The molecule has 1 aromatic rings. The first-order valence-corrected chi connectivity index (χ1v) is 7.22. The summed E-state index contributed by atoms with van der Waals surface area (Å²) in [6.45, 7) is 2.49. The Hall–Kier alpha value is -1.10. The van der Waals surface area contributed by atoms with Crippen LogP contribution in [0.2, 0.25) is 5.02 Å². The molecule has 1 saturated carbocycles. The van der Waals surface area contributed by atoms with Crippen LogP contribution in [-0.2, 0) is 11.3 Å². The molecule has 0 aliphatic heterocycles. The highest BCUT2D eigenvalue weighted by molar-refractivity contribution is 6.31. The van der Waals surface area contributed by atoms with Crippen LogP contribution in [0, 0.1) is 5.41 Å². The van der Waals surface area contributed by atoms with Crippen LogP contribution in [0.4, 0.5) is 0 Å². The minimum Gasteiger partial charge on any atom is -0.385 e. The predicted molar refractivity (Wildman–Crippen MR) is 79.8 cm³/mol. The van der Waals surface area contributed by atoms with Gasteiger partial charge in [0, 0.05) is 37.4 Å². The van der Waals surface area contributed by atoms with Crippen molar-refractivity contribution in [3.8, 4) is 0 Å². The fraction of sp³-hybridized carbons (Fsp3) is 0.533. The number of rotatable bonds is 8. The summed E-state index contributed by atoms with van der Waals surface area (Å²) in [5.74, 6) is -0.456. The molecule has 1 aliphatic rings. The summed E-state index contributed by atoms with van der Waals surface area (Å²) in [7, 11) is 1.74. The number of primary amides is 1. The van der Waals surface area contributed by atoms with E-state index >= 15 is 0 Å². The Kier molecular flexibility index (Phi) is 5.02. The van der Waals surface area contributed by atoms with E-state index in [0.717, 1.165) is 25.1 Å². The Bertz CT molecular complexity index is 487. The predicted octanol–water partition coefficient (Wildman–Crippen LogP) is 2.35. The van der Waals surface area contributed by atoms with Gasteiger partial charge in [-0.1, -0.05) is 17.7 Å². The molecule has 0 atom stereocenters. The summed E-state index contributed by atoms with van der Waals surface area (Å²) in [4.78, 5) is 11.1. The van der Waals surface area contributed by atoms with Gasteiger partial charge in [-0.15, -0.1) is 0 Å². The van der Waals surface area contributed by atoms with Gasteiger partial charge in [0.25, 0.3) is 0 Å². The number of benzene rings is 1. The molecule has 1 amide bonds. The topological polar surface area (TPSA) is 64.3 Å². The zero-order valence-corrected chi connectivity index (χ0v) is 12.5. The molecule has 0 heterocycles. The lowest BCUT2D eigenvalue weighted by Gasteiger charge is -2.16. The second-order valence-electron chi connectivity index (χ2n) is 5.52. The lowest BCUT2D eigenvalue weighted by molar-refractivity contribution is 0.100. The smallest absolute Gasteiger partial charge is 0.248 e. The van der Waals surface area contributed by atoms with Crippen molar-refractivity contribution in [1.29, 1.82) is 0 Å². The van der Waals surface area contributed by atoms with Crippen molar-refractivity contribution in [2.75, 3.05) is 20.3 Å². The number of carbonyl (C=O) groups excluding carboxylic acids is 1. The summed E-state index contributed by atoms with van der Waals surface area (Å²) in [6, 6.07) is 5.19. The summed E-state index contributed by atoms with van der Waals surface area (Å²) in [5.41, 5.74) is 7.06. The molecule has 1 aliphatic carbocycles. The van der Waals surface area contributed by atoms with Crippen molar-refractivity contribution in [3.63, 3.8) is 0 Å². The van der Waals surface area contributed by atoms with E-state index in [1.54, 1.807) is 19.2 Å². The van der Waals surface area contributed by atoms with Crippen molar-refractivity contribution in [1.82, 2.24) is 5.32 Å². The Morgan fingerprint density at radius 3 is 2.80 bits per heavy atom. The van der Waals surface area contributed by atoms with Crippen molar-refractivity contribution >= 4 is 17.5 Å². The highest BCUT2D eigenvalue weighted by Crippen LogP contribution is 2.48. The van der Waals surface area contributed by atoms with Crippen LogP contribution >= 0.6 is 11.6 Å². The number of ether oxygens (including phenoxy) is 1. The van der Waals surface area contributed by atoms with Crippen LogP contribution in [0.3, 0.4) is 0 Å². The Morgan fingerprint density at radius 2 is 2.25 bits per heavy atom. The minimum absolute atomic E-state index is 0.412. The Balaban J connectivity index is 1.84. The molecule has 2 rings (SSSR count). The van der Waals surface area contributed by atoms with Gasteiger partial charge in [-0.05, 0) is 42.4 Å². The normalized spacial score (nSPS) is 16.1. The molecular formula is C15H21ClN2O2. The number of hydrogen-bond acceptors (Lipinski definition) is 3. The second kappa shape index (κ2) is 6.57. The van der Waals surface area contributed by atoms with Gasteiger partial charge >= 0.3 is 0 Å². The van der Waals surface area contributed by atoms with Gasteiger partial charge < -0.3 is 15.8 Å². The third kappa shape index (κ3) is 3.95. The van der Waals surface area contributed by atoms with E-state index in [4.69, 9.17) is 22.1 Å². The maximum Gasteiger partial charge on any atom is 0.248 e. The summed E-state index contributed by atoms with van der Waals surface area (Å²) >= 11 is 6.15. The van der Waals surface area contributed by atoms with Crippen molar-refractivity contribution in [2.24, 2.45) is 11.1 Å². The fourth-order valence-electron chi connectivity index (χ4n) is 2.32. The summed E-state index contributed by atoms with van der Waals surface area (Å²) < 4.78 is 5.14. The molecule has 1 fully saturated rings. The third-order valence-corrected chi connectivity index (χ3v) is 4.30. The molecular weight excluding hydrogens is 276 g/mol. The zero-order valence-electron chi connectivity index (χ0n) is 11.7. The molecule has 20 heavy (non-hydrogen) atoms. The molecule has 5 heteroatoms. The first kappa shape index (κ1) is 15.3. The van der Waals surface area contributed by atoms with Gasteiger partial charge in [0.05, 0.1) is 0 Å². The van der Waals surface area contributed by atoms with Gasteiger partial charge in [-0.2, -0.15) is 0 Å². The molecule has 0 bridgehead atoms. The highest BCUT2D eigenvalue weighted by Gasteiger charge is 2.41. The fourth-order valence-corrected chi connectivity index (χ4v) is 2.56. The largest absolute Gasteiger partial charge is 0.385 e. The van der Waals surface area contributed by atoms with Crippen molar-refractivity contribution in [3.05, 3.63) is 34.3 Å². The molecule has 3 N–H and O–H groups in total. The zero-order chi connectivity index (χ0) is 14.6. The number of carbonyl (C=O) groups is 1. The molecule has 0 unspecified atom stereocenters. The summed E-state index contributed by atoms with van der Waals surface area (Å²) in [6.07, 6.45) is 3.63. The SMILES string of the molecule is COCCC1(CNCc2ccc(C(N)=O)cc2Cl)CC1. The highest BCUT2D eigenvalue weighted by atomic mass is 35.5. The average molecular weight is 297 g/mol. The van der Waals surface area contributed by atoms with Crippen LogP contribution in [0.15, 0.2) is 18.2 Å². The lowest BCUT2D eigenvalue weighted by Crippen LogP contribution is -2.24. The van der Waals surface area contributed by atoms with E-state index < -0.39 is 5.91 Å². The van der Waals surface area contributed by atoms with E-state index in [9.17, 15) is 4.79 Å². The number of halogens is 1. The number of hydrogen-bond donors (Lipinski definition) is 2. The van der Waals surface area contributed by atoms with E-state index in [1.165, 1.54) is 12.8 Å². The average Bonchev–Trinajstić information content (AvgIpc) is 3.18. The molecule has 0 radical (unpaired) electrons. The number of methoxy groups -OCH3 is 1. The lowest BCUT2D eigenvalue weighted by atomic mass is 10.0. The molecule has 110 valence electrons. The van der Waals surface area contributed by atoms with Gasteiger partial charge in [-0.3, -0.25) is 4.79 Å². The van der Waals surface area contributed by atoms with E-state index in [1.807, 2.05) is 6.07 Å². The Morgan fingerprint density at radius 1 is 1.50 bits per heavy atom. The van der Waals surface area contributed by atoms with Gasteiger partial charge in [-0.25, -0.2) is 0 Å². The first-order valence-electron chi connectivity index (χ1n) is 6.84. The van der Waals surface area contributed by atoms with E-state index in [-0.39, 0.29) is 0 Å². The third-order valence-electron chi connectivity index (χ3n) is 3.95. The van der Waals surface area contributed by atoms with Gasteiger partial charge in [0.2, 0.25) is 5.91 Å². The van der Waals surface area contributed by atoms with Crippen LogP contribution in [-0.4, -0.2) is 26.2 Å². The maximum atomic E-state index is 11.1. The van der Waals surface area contributed by atoms with E-state index in [0.29, 0.717) is 22.5 Å².